The predicted molar refractivity (Wildman–Crippen MR) is 109 cm³/mol. The number of amides is 1. The van der Waals surface area contributed by atoms with Crippen LogP contribution in [0.2, 0.25) is 0 Å². The standard InChI is InChI=1S/C20H27N7O2/c1-26(2)11-12-29-15-5-3-14(4-6-15)23-19(28)18-17-16(7-8-22-17)24-20(25-18)27-10-9-21-13-27/h7-10,13-15,22H,3-6,11-12H2,1-2H3,(H,23,28). The summed E-state index contributed by atoms with van der Waals surface area (Å²) in [6, 6.07) is 1.97. The minimum atomic E-state index is -0.182. The summed E-state index contributed by atoms with van der Waals surface area (Å²) >= 11 is 0. The number of fused-ring (bicyclic) bond motifs is 1. The van der Waals surface area contributed by atoms with Crippen molar-refractivity contribution in [3.8, 4) is 5.95 Å². The first-order valence-corrected chi connectivity index (χ1v) is 10.0. The number of hydrogen-bond donors (Lipinski definition) is 2. The number of ether oxygens (including phenoxy) is 1. The monoisotopic (exact) mass is 397 g/mol. The van der Waals surface area contributed by atoms with Crippen molar-refractivity contribution in [2.45, 2.75) is 37.8 Å². The molecule has 0 aliphatic heterocycles. The largest absolute Gasteiger partial charge is 0.377 e. The molecule has 1 aliphatic rings. The number of likely N-dealkylation sites (N-methyl/N-ethyl adjacent to an activating group) is 1. The highest BCUT2D eigenvalue weighted by Gasteiger charge is 2.25. The lowest BCUT2D eigenvalue weighted by molar-refractivity contribution is 0.0159. The van der Waals surface area contributed by atoms with E-state index in [4.69, 9.17) is 4.74 Å². The molecule has 1 amide bonds. The normalized spacial score (nSPS) is 19.7. The number of aromatic nitrogens is 5. The average Bonchev–Trinajstić information content (AvgIpc) is 3.40. The fraction of sp³-hybridized carbons (Fsp3) is 0.500. The average molecular weight is 397 g/mol. The van der Waals surface area contributed by atoms with Gasteiger partial charge in [0.25, 0.3) is 5.91 Å². The zero-order valence-corrected chi connectivity index (χ0v) is 16.8. The zero-order valence-electron chi connectivity index (χ0n) is 16.8. The van der Waals surface area contributed by atoms with Crippen LogP contribution >= 0.6 is 0 Å². The molecule has 154 valence electrons. The molecule has 4 rings (SSSR count). The molecule has 0 bridgehead atoms. The van der Waals surface area contributed by atoms with Gasteiger partial charge in [-0.3, -0.25) is 9.36 Å². The second-order valence-corrected chi connectivity index (χ2v) is 7.70. The van der Waals surface area contributed by atoms with Gasteiger partial charge in [-0.25, -0.2) is 15.0 Å². The summed E-state index contributed by atoms with van der Waals surface area (Å²) in [5, 5.41) is 3.15. The lowest BCUT2D eigenvalue weighted by Gasteiger charge is -2.29. The van der Waals surface area contributed by atoms with Gasteiger partial charge in [-0.05, 0) is 45.8 Å². The number of carbonyl (C=O) groups is 1. The zero-order chi connectivity index (χ0) is 20.2. The van der Waals surface area contributed by atoms with Crippen LogP contribution in [0.25, 0.3) is 17.0 Å². The molecule has 0 spiro atoms. The lowest BCUT2D eigenvalue weighted by Crippen LogP contribution is -2.40. The van der Waals surface area contributed by atoms with Crippen molar-refractivity contribution in [1.82, 2.24) is 34.7 Å². The summed E-state index contributed by atoms with van der Waals surface area (Å²) in [6.07, 6.45) is 10.8. The minimum Gasteiger partial charge on any atom is -0.377 e. The van der Waals surface area contributed by atoms with Crippen LogP contribution in [0.1, 0.15) is 36.2 Å². The summed E-state index contributed by atoms with van der Waals surface area (Å²) in [7, 11) is 4.09. The number of imidazole rings is 1. The number of H-pyrrole nitrogens is 1. The van der Waals surface area contributed by atoms with E-state index in [1.165, 1.54) is 0 Å². The SMILES string of the molecule is CN(C)CCOC1CCC(NC(=O)c2nc(-n3ccnc3)nc3cc[nH]c23)CC1. The summed E-state index contributed by atoms with van der Waals surface area (Å²) in [5.41, 5.74) is 1.70. The second kappa shape index (κ2) is 8.71. The van der Waals surface area contributed by atoms with Crippen molar-refractivity contribution in [2.75, 3.05) is 27.2 Å². The second-order valence-electron chi connectivity index (χ2n) is 7.70. The van der Waals surface area contributed by atoms with Gasteiger partial charge in [0.2, 0.25) is 5.95 Å². The molecule has 1 saturated carbocycles. The van der Waals surface area contributed by atoms with Gasteiger partial charge in [0.15, 0.2) is 5.69 Å². The van der Waals surface area contributed by atoms with Crippen LogP contribution in [0.4, 0.5) is 0 Å². The van der Waals surface area contributed by atoms with E-state index < -0.39 is 0 Å². The molecule has 2 N–H and O–H groups in total. The highest BCUT2D eigenvalue weighted by atomic mass is 16.5. The molecule has 1 aliphatic carbocycles. The number of hydrogen-bond acceptors (Lipinski definition) is 6. The van der Waals surface area contributed by atoms with Gasteiger partial charge in [-0.2, -0.15) is 0 Å². The van der Waals surface area contributed by atoms with Gasteiger partial charge in [0, 0.05) is 31.2 Å². The summed E-state index contributed by atoms with van der Waals surface area (Å²) in [6.45, 7) is 1.67. The predicted octanol–water partition coefficient (Wildman–Crippen LogP) is 1.76. The van der Waals surface area contributed by atoms with E-state index in [-0.39, 0.29) is 18.1 Å². The quantitative estimate of drug-likeness (QED) is 0.630. The molecule has 0 aromatic carbocycles. The van der Waals surface area contributed by atoms with Gasteiger partial charge < -0.3 is 19.9 Å². The van der Waals surface area contributed by atoms with E-state index in [0.29, 0.717) is 22.7 Å². The molecule has 0 unspecified atom stereocenters. The van der Waals surface area contributed by atoms with E-state index in [1.807, 2.05) is 20.2 Å². The molecular formula is C20H27N7O2. The van der Waals surface area contributed by atoms with Gasteiger partial charge in [0.05, 0.1) is 23.7 Å². The maximum absolute atomic E-state index is 13.0. The third kappa shape index (κ3) is 4.63. The number of carbonyl (C=O) groups excluding carboxylic acids is 1. The Morgan fingerprint density at radius 1 is 1.31 bits per heavy atom. The fourth-order valence-corrected chi connectivity index (χ4v) is 3.62. The van der Waals surface area contributed by atoms with E-state index in [0.717, 1.165) is 38.8 Å². The Kier molecular flexibility index (Phi) is 5.86. The Labute approximate surface area is 169 Å². The Bertz CT molecular complexity index is 943. The van der Waals surface area contributed by atoms with Crippen LogP contribution in [0, 0.1) is 0 Å². The summed E-state index contributed by atoms with van der Waals surface area (Å²) in [4.78, 5) is 31.2. The summed E-state index contributed by atoms with van der Waals surface area (Å²) in [5.74, 6) is 0.246. The highest BCUT2D eigenvalue weighted by molar-refractivity contribution is 6.03. The van der Waals surface area contributed by atoms with E-state index in [2.05, 4.69) is 30.2 Å². The first-order valence-electron chi connectivity index (χ1n) is 10.0. The Morgan fingerprint density at radius 2 is 2.14 bits per heavy atom. The minimum absolute atomic E-state index is 0.132. The highest BCUT2D eigenvalue weighted by Crippen LogP contribution is 2.22. The van der Waals surface area contributed by atoms with Crippen molar-refractivity contribution in [3.63, 3.8) is 0 Å². The molecule has 0 saturated heterocycles. The lowest BCUT2D eigenvalue weighted by atomic mass is 9.93. The van der Waals surface area contributed by atoms with E-state index >= 15 is 0 Å². The molecule has 9 heteroatoms. The smallest absolute Gasteiger partial charge is 0.272 e. The van der Waals surface area contributed by atoms with Crippen LogP contribution in [0.3, 0.4) is 0 Å². The van der Waals surface area contributed by atoms with Crippen LogP contribution in [-0.4, -0.2) is 74.7 Å². The number of aromatic amines is 1. The molecule has 29 heavy (non-hydrogen) atoms. The molecule has 3 heterocycles. The van der Waals surface area contributed by atoms with E-state index in [1.54, 1.807) is 29.5 Å². The molecular weight excluding hydrogens is 370 g/mol. The number of nitrogens with zero attached hydrogens (tertiary/aromatic N) is 5. The van der Waals surface area contributed by atoms with Crippen LogP contribution in [-0.2, 0) is 4.74 Å². The van der Waals surface area contributed by atoms with Gasteiger partial charge in [0.1, 0.15) is 6.33 Å². The third-order valence-corrected chi connectivity index (χ3v) is 5.25. The van der Waals surface area contributed by atoms with Crippen LogP contribution in [0.5, 0.6) is 0 Å². The number of nitrogens with one attached hydrogen (secondary N) is 2. The first-order chi connectivity index (χ1) is 14.1. The maximum atomic E-state index is 13.0. The molecule has 0 atom stereocenters. The van der Waals surface area contributed by atoms with Crippen molar-refractivity contribution in [1.29, 1.82) is 0 Å². The van der Waals surface area contributed by atoms with Crippen LogP contribution < -0.4 is 5.32 Å². The Morgan fingerprint density at radius 3 is 2.86 bits per heavy atom. The van der Waals surface area contributed by atoms with Crippen molar-refractivity contribution < 1.29 is 9.53 Å². The van der Waals surface area contributed by atoms with Gasteiger partial charge in [-0.1, -0.05) is 0 Å². The third-order valence-electron chi connectivity index (χ3n) is 5.25. The van der Waals surface area contributed by atoms with Gasteiger partial charge >= 0.3 is 0 Å². The fourth-order valence-electron chi connectivity index (χ4n) is 3.62. The number of rotatable bonds is 7. The van der Waals surface area contributed by atoms with E-state index in [9.17, 15) is 4.79 Å². The van der Waals surface area contributed by atoms with Crippen molar-refractivity contribution in [2.24, 2.45) is 0 Å². The maximum Gasteiger partial charge on any atom is 0.272 e. The molecule has 1 fully saturated rings. The first kappa shape index (κ1) is 19.5. The Hall–Kier alpha value is -2.78. The van der Waals surface area contributed by atoms with Crippen LogP contribution in [0.15, 0.2) is 31.0 Å². The molecule has 0 radical (unpaired) electrons. The van der Waals surface area contributed by atoms with Crippen molar-refractivity contribution >= 4 is 16.9 Å². The van der Waals surface area contributed by atoms with Gasteiger partial charge in [-0.15, -0.1) is 0 Å². The Balaban J connectivity index is 1.40. The molecule has 3 aromatic rings. The molecule has 9 nitrogen and oxygen atoms in total. The molecule has 3 aromatic heterocycles. The topological polar surface area (TPSA) is 101 Å². The summed E-state index contributed by atoms with van der Waals surface area (Å²) < 4.78 is 7.64. The van der Waals surface area contributed by atoms with Crippen molar-refractivity contribution in [3.05, 3.63) is 36.7 Å².